The average molecular weight is 362 g/mol. The third kappa shape index (κ3) is 4.01. The Balaban J connectivity index is 1.55. The lowest BCUT2D eigenvalue weighted by molar-refractivity contribution is -0.138. The Kier molecular flexibility index (Phi) is 5.53. The molecule has 0 aromatic heterocycles. The lowest BCUT2D eigenvalue weighted by Gasteiger charge is -2.46. The van der Waals surface area contributed by atoms with Crippen molar-refractivity contribution in [3.05, 3.63) is 30.1 Å². The molecule has 2 heterocycles. The van der Waals surface area contributed by atoms with Gasteiger partial charge in [0.25, 0.3) is 0 Å². The number of hydrogen-bond acceptors (Lipinski definition) is 4. The number of benzene rings is 1. The minimum atomic E-state index is -0.222. The third-order valence-corrected chi connectivity index (χ3v) is 6.03. The summed E-state index contributed by atoms with van der Waals surface area (Å²) in [4.78, 5) is 19.4. The molecule has 2 fully saturated rings. The van der Waals surface area contributed by atoms with Gasteiger partial charge in [-0.1, -0.05) is 13.8 Å². The second-order valence-electron chi connectivity index (χ2n) is 8.32. The molecule has 0 saturated carbocycles. The number of halogens is 1. The number of nitrogens with two attached hydrogens (primary N) is 1. The van der Waals surface area contributed by atoms with Gasteiger partial charge < -0.3 is 15.5 Å². The molecule has 0 bridgehead atoms. The van der Waals surface area contributed by atoms with Gasteiger partial charge in [0.1, 0.15) is 5.82 Å². The minimum Gasteiger partial charge on any atom is -0.368 e. The average Bonchev–Trinajstić information content (AvgIpc) is 2.63. The van der Waals surface area contributed by atoms with Crippen molar-refractivity contribution >= 4 is 11.6 Å². The first-order chi connectivity index (χ1) is 12.3. The standard InChI is InChI=1S/C20H31FN4O/c1-15(25-9-8-18(22)20(2,3)14-25)19(26)24-12-10-23(11-13-24)17-6-4-16(21)5-7-17/h4-7,15,18H,8-14,22H2,1-3H3. The van der Waals surface area contributed by atoms with E-state index in [9.17, 15) is 9.18 Å². The van der Waals surface area contributed by atoms with Crippen LogP contribution in [-0.2, 0) is 4.79 Å². The highest BCUT2D eigenvalue weighted by Gasteiger charge is 2.38. The molecule has 3 rings (SSSR count). The predicted octanol–water partition coefficient (Wildman–Crippen LogP) is 1.92. The van der Waals surface area contributed by atoms with Crippen LogP contribution in [0.3, 0.4) is 0 Å². The summed E-state index contributed by atoms with van der Waals surface area (Å²) in [6.45, 7) is 11.1. The van der Waals surface area contributed by atoms with Crippen molar-refractivity contribution in [3.8, 4) is 0 Å². The lowest BCUT2D eigenvalue weighted by atomic mass is 9.79. The molecule has 2 unspecified atom stereocenters. The molecule has 144 valence electrons. The van der Waals surface area contributed by atoms with Crippen molar-refractivity contribution in [2.75, 3.05) is 44.2 Å². The predicted molar refractivity (Wildman–Crippen MR) is 103 cm³/mol. The Bertz CT molecular complexity index is 625. The van der Waals surface area contributed by atoms with Crippen molar-refractivity contribution in [1.82, 2.24) is 9.80 Å². The maximum absolute atomic E-state index is 13.1. The number of carbonyl (C=O) groups is 1. The Morgan fingerprint density at radius 2 is 1.77 bits per heavy atom. The van der Waals surface area contributed by atoms with Gasteiger partial charge in [0.15, 0.2) is 0 Å². The number of rotatable bonds is 3. The fraction of sp³-hybridized carbons (Fsp3) is 0.650. The molecular weight excluding hydrogens is 331 g/mol. The third-order valence-electron chi connectivity index (χ3n) is 6.03. The second-order valence-corrected chi connectivity index (χ2v) is 8.32. The maximum atomic E-state index is 13.1. The summed E-state index contributed by atoms with van der Waals surface area (Å²) in [5.74, 6) is -0.0180. The van der Waals surface area contributed by atoms with Crippen LogP contribution in [0.2, 0.25) is 0 Å². The molecule has 0 aliphatic carbocycles. The molecule has 2 N–H and O–H groups in total. The quantitative estimate of drug-likeness (QED) is 0.893. The first-order valence-electron chi connectivity index (χ1n) is 9.57. The molecule has 0 radical (unpaired) electrons. The lowest BCUT2D eigenvalue weighted by Crippen LogP contribution is -2.59. The molecule has 0 spiro atoms. The number of piperidine rings is 1. The molecule has 1 aromatic carbocycles. The molecule has 2 saturated heterocycles. The Morgan fingerprint density at radius 1 is 1.15 bits per heavy atom. The molecule has 2 aliphatic heterocycles. The van der Waals surface area contributed by atoms with Gasteiger partial charge in [-0.2, -0.15) is 0 Å². The SMILES string of the molecule is CC(C(=O)N1CCN(c2ccc(F)cc2)CC1)N1CCC(N)C(C)(C)C1. The Labute approximate surface area is 155 Å². The van der Waals surface area contributed by atoms with Crippen molar-refractivity contribution in [2.24, 2.45) is 11.1 Å². The summed E-state index contributed by atoms with van der Waals surface area (Å²) in [6.07, 6.45) is 0.933. The zero-order valence-electron chi connectivity index (χ0n) is 16.1. The van der Waals surface area contributed by atoms with Crippen molar-refractivity contribution in [1.29, 1.82) is 0 Å². The molecule has 2 aliphatic rings. The van der Waals surface area contributed by atoms with Crippen LogP contribution in [0.25, 0.3) is 0 Å². The van der Waals surface area contributed by atoms with Crippen LogP contribution in [-0.4, -0.2) is 67.1 Å². The topological polar surface area (TPSA) is 52.8 Å². The van der Waals surface area contributed by atoms with E-state index in [1.54, 1.807) is 12.1 Å². The van der Waals surface area contributed by atoms with E-state index in [0.29, 0.717) is 13.1 Å². The largest absolute Gasteiger partial charge is 0.368 e. The van der Waals surface area contributed by atoms with Gasteiger partial charge in [0, 0.05) is 51.0 Å². The van der Waals surface area contributed by atoms with Gasteiger partial charge in [0.05, 0.1) is 6.04 Å². The summed E-state index contributed by atoms with van der Waals surface area (Å²) in [5.41, 5.74) is 7.27. The number of nitrogens with zero attached hydrogens (tertiary/aromatic N) is 3. The summed E-state index contributed by atoms with van der Waals surface area (Å²) in [7, 11) is 0. The van der Waals surface area contributed by atoms with Gasteiger partial charge >= 0.3 is 0 Å². The van der Waals surface area contributed by atoms with Gasteiger partial charge in [0.2, 0.25) is 5.91 Å². The minimum absolute atomic E-state index is 0.0358. The summed E-state index contributed by atoms with van der Waals surface area (Å²) >= 11 is 0. The van der Waals surface area contributed by atoms with Crippen molar-refractivity contribution in [3.63, 3.8) is 0 Å². The number of amides is 1. The number of carbonyl (C=O) groups excluding carboxylic acids is 1. The first-order valence-corrected chi connectivity index (χ1v) is 9.57. The highest BCUT2D eigenvalue weighted by molar-refractivity contribution is 5.81. The molecule has 1 amide bonds. The highest BCUT2D eigenvalue weighted by Crippen LogP contribution is 2.29. The molecule has 26 heavy (non-hydrogen) atoms. The first kappa shape index (κ1) is 19.1. The summed E-state index contributed by atoms with van der Waals surface area (Å²) in [6, 6.07) is 6.65. The second kappa shape index (κ2) is 7.53. The molecule has 1 aromatic rings. The van der Waals surface area contributed by atoms with Gasteiger partial charge in [-0.3, -0.25) is 9.69 Å². The van der Waals surface area contributed by atoms with Crippen LogP contribution in [0.1, 0.15) is 27.2 Å². The number of hydrogen-bond donors (Lipinski definition) is 1. The van der Waals surface area contributed by atoms with E-state index < -0.39 is 0 Å². The normalized spacial score (nSPS) is 25.2. The summed E-state index contributed by atoms with van der Waals surface area (Å²) in [5, 5.41) is 0. The van der Waals surface area contributed by atoms with Gasteiger partial charge in [-0.15, -0.1) is 0 Å². The van der Waals surface area contributed by atoms with Crippen LogP contribution < -0.4 is 10.6 Å². The van der Waals surface area contributed by atoms with E-state index in [-0.39, 0.29) is 29.2 Å². The van der Waals surface area contributed by atoms with Crippen LogP contribution in [0.15, 0.2) is 24.3 Å². The molecule has 6 heteroatoms. The molecular formula is C20H31FN4O. The van der Waals surface area contributed by atoms with E-state index in [2.05, 4.69) is 23.6 Å². The Hall–Kier alpha value is -1.66. The zero-order valence-corrected chi connectivity index (χ0v) is 16.1. The smallest absolute Gasteiger partial charge is 0.239 e. The van der Waals surface area contributed by atoms with E-state index in [1.165, 1.54) is 12.1 Å². The fourth-order valence-corrected chi connectivity index (χ4v) is 4.00. The number of likely N-dealkylation sites (tertiary alicyclic amines) is 1. The fourth-order valence-electron chi connectivity index (χ4n) is 4.00. The zero-order chi connectivity index (χ0) is 18.9. The van der Waals surface area contributed by atoms with Crippen LogP contribution >= 0.6 is 0 Å². The van der Waals surface area contributed by atoms with Gasteiger partial charge in [-0.25, -0.2) is 4.39 Å². The van der Waals surface area contributed by atoms with Crippen LogP contribution in [0.4, 0.5) is 10.1 Å². The van der Waals surface area contributed by atoms with E-state index in [0.717, 1.165) is 38.3 Å². The monoisotopic (exact) mass is 362 g/mol. The number of anilines is 1. The van der Waals surface area contributed by atoms with E-state index >= 15 is 0 Å². The van der Waals surface area contributed by atoms with Crippen LogP contribution in [0, 0.1) is 11.2 Å². The Morgan fingerprint density at radius 3 is 2.35 bits per heavy atom. The van der Waals surface area contributed by atoms with Crippen molar-refractivity contribution in [2.45, 2.75) is 39.3 Å². The van der Waals surface area contributed by atoms with E-state index in [1.807, 2.05) is 11.8 Å². The molecule has 2 atom stereocenters. The van der Waals surface area contributed by atoms with Gasteiger partial charge in [-0.05, 0) is 43.0 Å². The van der Waals surface area contributed by atoms with E-state index in [4.69, 9.17) is 5.73 Å². The summed E-state index contributed by atoms with van der Waals surface area (Å²) < 4.78 is 13.1. The van der Waals surface area contributed by atoms with Crippen LogP contribution in [0.5, 0.6) is 0 Å². The highest BCUT2D eigenvalue weighted by atomic mass is 19.1. The maximum Gasteiger partial charge on any atom is 0.239 e. The molecule has 5 nitrogen and oxygen atoms in total. The number of piperazine rings is 1. The van der Waals surface area contributed by atoms with Crippen molar-refractivity contribution < 1.29 is 9.18 Å².